The zero-order valence-electron chi connectivity index (χ0n) is 13.0. The maximum atomic E-state index is 4.30. The van der Waals surface area contributed by atoms with E-state index in [2.05, 4.69) is 51.8 Å². The molecule has 21 heavy (non-hydrogen) atoms. The maximum Gasteiger partial charge on any atom is 0.191 e. The van der Waals surface area contributed by atoms with E-state index >= 15 is 0 Å². The lowest BCUT2D eigenvalue weighted by Gasteiger charge is -2.21. The third-order valence-electron chi connectivity index (χ3n) is 3.86. The van der Waals surface area contributed by atoms with Crippen LogP contribution in [0.5, 0.6) is 0 Å². The first-order valence-corrected chi connectivity index (χ1v) is 7.53. The van der Waals surface area contributed by atoms with Crippen molar-refractivity contribution in [3.63, 3.8) is 0 Å². The fourth-order valence-electron chi connectivity index (χ4n) is 2.61. The van der Waals surface area contributed by atoms with E-state index in [-0.39, 0.29) is 24.0 Å². The van der Waals surface area contributed by atoms with E-state index in [0.717, 1.165) is 19.0 Å². The molecular weight excluding hydrogens is 375 g/mol. The molecule has 0 aromatic heterocycles. The Hall–Kier alpha value is -0.980. The minimum atomic E-state index is 0. The Labute approximate surface area is 145 Å². The zero-order chi connectivity index (χ0) is 14.2. The number of guanidine groups is 1. The Morgan fingerprint density at radius 3 is 2.52 bits per heavy atom. The summed E-state index contributed by atoms with van der Waals surface area (Å²) in [6.45, 7) is 1.84. The number of para-hydroxylation sites is 1. The molecule has 1 aromatic rings. The van der Waals surface area contributed by atoms with Gasteiger partial charge in [0.25, 0.3) is 0 Å². The average Bonchev–Trinajstić information content (AvgIpc) is 3.00. The first-order valence-electron chi connectivity index (χ1n) is 7.53. The second kappa shape index (κ2) is 9.87. The molecule has 2 rings (SSSR count). The van der Waals surface area contributed by atoms with Crippen molar-refractivity contribution >= 4 is 35.6 Å². The Morgan fingerprint density at radius 1 is 1.24 bits per heavy atom. The van der Waals surface area contributed by atoms with E-state index < -0.39 is 0 Å². The van der Waals surface area contributed by atoms with Gasteiger partial charge in [-0.25, -0.2) is 0 Å². The van der Waals surface area contributed by atoms with E-state index in [1.54, 1.807) is 0 Å². The van der Waals surface area contributed by atoms with Gasteiger partial charge in [0.1, 0.15) is 0 Å². The number of aliphatic imine (C=N–C) groups is 1. The fraction of sp³-hybridized carbons (Fsp3) is 0.562. The zero-order valence-corrected chi connectivity index (χ0v) is 15.3. The lowest BCUT2D eigenvalue weighted by molar-refractivity contribution is 0.613. The summed E-state index contributed by atoms with van der Waals surface area (Å²) in [4.78, 5) is 6.54. The Morgan fingerprint density at radius 2 is 1.90 bits per heavy atom. The second-order valence-electron chi connectivity index (χ2n) is 5.38. The number of rotatable bonds is 5. The van der Waals surface area contributed by atoms with Crippen LogP contribution in [-0.2, 0) is 0 Å². The van der Waals surface area contributed by atoms with Crippen LogP contribution in [0.1, 0.15) is 25.7 Å². The van der Waals surface area contributed by atoms with Crippen LogP contribution >= 0.6 is 24.0 Å². The Kier molecular flexibility index (Phi) is 8.49. The van der Waals surface area contributed by atoms with Crippen molar-refractivity contribution in [2.24, 2.45) is 4.99 Å². The van der Waals surface area contributed by atoms with Crippen LogP contribution in [0, 0.1) is 0 Å². The van der Waals surface area contributed by atoms with Crippen LogP contribution in [0.15, 0.2) is 35.3 Å². The highest BCUT2D eigenvalue weighted by Gasteiger charge is 2.15. The SMILES string of the molecule is CN=C(NCCN(C)c1ccccc1)NC1CCCC1.I. The van der Waals surface area contributed by atoms with E-state index in [0.29, 0.717) is 6.04 Å². The molecule has 1 saturated carbocycles. The van der Waals surface area contributed by atoms with E-state index in [1.807, 2.05) is 13.1 Å². The van der Waals surface area contributed by atoms with Gasteiger partial charge in [-0.15, -0.1) is 24.0 Å². The summed E-state index contributed by atoms with van der Waals surface area (Å²) in [7, 11) is 3.95. The van der Waals surface area contributed by atoms with E-state index in [4.69, 9.17) is 0 Å². The first-order chi connectivity index (χ1) is 9.79. The highest BCUT2D eigenvalue weighted by molar-refractivity contribution is 14.0. The van der Waals surface area contributed by atoms with Gasteiger partial charge in [0, 0.05) is 38.9 Å². The van der Waals surface area contributed by atoms with Crippen molar-refractivity contribution in [2.75, 3.05) is 32.1 Å². The van der Waals surface area contributed by atoms with Crippen molar-refractivity contribution in [1.29, 1.82) is 0 Å². The summed E-state index contributed by atoms with van der Waals surface area (Å²) in [5, 5.41) is 6.89. The number of anilines is 1. The van der Waals surface area contributed by atoms with Gasteiger partial charge in [-0.2, -0.15) is 0 Å². The van der Waals surface area contributed by atoms with Gasteiger partial charge in [-0.05, 0) is 25.0 Å². The van der Waals surface area contributed by atoms with Gasteiger partial charge in [-0.1, -0.05) is 31.0 Å². The number of hydrogen-bond donors (Lipinski definition) is 2. The maximum absolute atomic E-state index is 4.30. The molecule has 1 fully saturated rings. The molecule has 2 N–H and O–H groups in total. The quantitative estimate of drug-likeness (QED) is 0.452. The van der Waals surface area contributed by atoms with Crippen LogP contribution in [-0.4, -0.2) is 39.2 Å². The largest absolute Gasteiger partial charge is 0.373 e. The smallest absolute Gasteiger partial charge is 0.191 e. The minimum absolute atomic E-state index is 0. The molecule has 0 radical (unpaired) electrons. The van der Waals surface area contributed by atoms with Crippen LogP contribution in [0.3, 0.4) is 0 Å². The molecule has 4 nitrogen and oxygen atoms in total. The molecular formula is C16H27IN4. The topological polar surface area (TPSA) is 39.7 Å². The Bertz CT molecular complexity index is 416. The number of benzene rings is 1. The van der Waals surface area contributed by atoms with Crippen LogP contribution in [0.4, 0.5) is 5.69 Å². The van der Waals surface area contributed by atoms with Crippen LogP contribution < -0.4 is 15.5 Å². The number of halogens is 1. The summed E-state index contributed by atoms with van der Waals surface area (Å²) in [5.41, 5.74) is 1.24. The summed E-state index contributed by atoms with van der Waals surface area (Å²) in [6.07, 6.45) is 5.21. The standard InChI is InChI=1S/C16H26N4.HI/c1-17-16(19-14-8-6-7-9-14)18-12-13-20(2)15-10-4-3-5-11-15;/h3-5,10-11,14H,6-9,12-13H2,1-2H3,(H2,17,18,19);1H. The molecule has 1 aliphatic carbocycles. The highest BCUT2D eigenvalue weighted by atomic mass is 127. The minimum Gasteiger partial charge on any atom is -0.373 e. The number of nitrogens with one attached hydrogen (secondary N) is 2. The molecule has 0 spiro atoms. The van der Waals surface area contributed by atoms with Gasteiger partial charge in [0.2, 0.25) is 0 Å². The van der Waals surface area contributed by atoms with Gasteiger partial charge >= 0.3 is 0 Å². The van der Waals surface area contributed by atoms with Gasteiger partial charge in [-0.3, -0.25) is 4.99 Å². The van der Waals surface area contributed by atoms with E-state index in [9.17, 15) is 0 Å². The molecule has 0 saturated heterocycles. The molecule has 0 heterocycles. The third kappa shape index (κ3) is 6.11. The molecule has 0 aliphatic heterocycles. The van der Waals surface area contributed by atoms with Crippen LogP contribution in [0.2, 0.25) is 0 Å². The number of hydrogen-bond acceptors (Lipinski definition) is 2. The molecule has 0 amide bonds. The number of likely N-dealkylation sites (N-methyl/N-ethyl adjacent to an activating group) is 1. The predicted molar refractivity (Wildman–Crippen MR) is 102 cm³/mol. The van der Waals surface area contributed by atoms with Crippen molar-refractivity contribution in [1.82, 2.24) is 10.6 Å². The molecule has 1 aliphatic rings. The molecule has 0 unspecified atom stereocenters. The summed E-state index contributed by atoms with van der Waals surface area (Å²) < 4.78 is 0. The first kappa shape index (κ1) is 18.1. The normalized spacial score (nSPS) is 15.4. The predicted octanol–water partition coefficient (Wildman–Crippen LogP) is 2.85. The van der Waals surface area contributed by atoms with Crippen LogP contribution in [0.25, 0.3) is 0 Å². The monoisotopic (exact) mass is 402 g/mol. The summed E-state index contributed by atoms with van der Waals surface area (Å²) >= 11 is 0. The highest BCUT2D eigenvalue weighted by Crippen LogP contribution is 2.17. The van der Waals surface area contributed by atoms with Crippen molar-refractivity contribution < 1.29 is 0 Å². The van der Waals surface area contributed by atoms with Gasteiger partial charge in [0.15, 0.2) is 5.96 Å². The van der Waals surface area contributed by atoms with Gasteiger partial charge in [0.05, 0.1) is 0 Å². The lowest BCUT2D eigenvalue weighted by atomic mass is 10.2. The summed E-state index contributed by atoms with van der Waals surface area (Å²) in [6, 6.07) is 11.0. The second-order valence-corrected chi connectivity index (χ2v) is 5.38. The Balaban J connectivity index is 0.00000220. The van der Waals surface area contributed by atoms with Crippen molar-refractivity contribution in [3.8, 4) is 0 Å². The molecule has 0 atom stereocenters. The molecule has 118 valence electrons. The lowest BCUT2D eigenvalue weighted by Crippen LogP contribution is -2.44. The summed E-state index contributed by atoms with van der Waals surface area (Å²) in [5.74, 6) is 0.929. The van der Waals surface area contributed by atoms with E-state index in [1.165, 1.54) is 31.4 Å². The average molecular weight is 402 g/mol. The molecule has 1 aromatic carbocycles. The number of nitrogens with zero attached hydrogens (tertiary/aromatic N) is 2. The van der Waals surface area contributed by atoms with Crippen molar-refractivity contribution in [3.05, 3.63) is 30.3 Å². The third-order valence-corrected chi connectivity index (χ3v) is 3.86. The van der Waals surface area contributed by atoms with Crippen molar-refractivity contribution in [2.45, 2.75) is 31.7 Å². The molecule has 5 heteroatoms. The fourth-order valence-corrected chi connectivity index (χ4v) is 2.61. The molecule has 0 bridgehead atoms. The van der Waals surface area contributed by atoms with Gasteiger partial charge < -0.3 is 15.5 Å².